The van der Waals surface area contributed by atoms with E-state index in [2.05, 4.69) is 16.5 Å². The number of rotatable bonds is 3. The van der Waals surface area contributed by atoms with E-state index < -0.39 is 0 Å². The highest BCUT2D eigenvalue weighted by Gasteiger charge is 2.16. The number of nitrogens with zero attached hydrogens (tertiary/aromatic N) is 3. The van der Waals surface area contributed by atoms with Crippen molar-refractivity contribution in [3.8, 4) is 11.8 Å². The van der Waals surface area contributed by atoms with Crippen molar-refractivity contribution in [2.45, 2.75) is 6.92 Å². The molecular formula is C17H14FN5. The number of halogens is 1. The Balaban J connectivity index is 2.01. The Morgan fingerprint density at radius 2 is 1.78 bits per heavy atom. The molecule has 0 spiro atoms. The van der Waals surface area contributed by atoms with E-state index in [-0.39, 0.29) is 17.2 Å². The molecule has 1 aromatic heterocycles. The molecular weight excluding hydrogens is 293 g/mol. The van der Waals surface area contributed by atoms with Gasteiger partial charge < -0.3 is 11.1 Å². The Labute approximate surface area is 132 Å². The molecule has 0 amide bonds. The summed E-state index contributed by atoms with van der Waals surface area (Å²) in [6, 6.07) is 15.5. The molecule has 23 heavy (non-hydrogen) atoms. The number of nitrogen functional groups attached to an aromatic ring is 1. The zero-order chi connectivity index (χ0) is 16.4. The van der Waals surface area contributed by atoms with Gasteiger partial charge in [0.2, 0.25) is 0 Å². The molecule has 3 rings (SSSR count). The standard InChI is InChI=1S/C17H14FN5/c1-11-2-6-13(7-3-11)21-17-15(10-19)16(20)23(22-17)14-8-4-12(18)5-9-14/h2-9H,20H2,1H3,(H,21,22). The van der Waals surface area contributed by atoms with Crippen molar-refractivity contribution < 1.29 is 4.39 Å². The van der Waals surface area contributed by atoms with Crippen LogP contribution in [0.3, 0.4) is 0 Å². The fourth-order valence-electron chi connectivity index (χ4n) is 2.18. The number of aryl methyl sites for hydroxylation is 1. The van der Waals surface area contributed by atoms with E-state index >= 15 is 0 Å². The van der Waals surface area contributed by atoms with Crippen LogP contribution in [0.25, 0.3) is 5.69 Å². The van der Waals surface area contributed by atoms with Gasteiger partial charge >= 0.3 is 0 Å². The van der Waals surface area contributed by atoms with Crippen molar-refractivity contribution in [2.75, 3.05) is 11.1 Å². The van der Waals surface area contributed by atoms with Crippen LogP contribution in [0.4, 0.5) is 21.7 Å². The molecule has 0 saturated carbocycles. The Morgan fingerprint density at radius 1 is 1.13 bits per heavy atom. The van der Waals surface area contributed by atoms with Crippen LogP contribution in [0.15, 0.2) is 48.5 Å². The van der Waals surface area contributed by atoms with Gasteiger partial charge in [0.25, 0.3) is 0 Å². The van der Waals surface area contributed by atoms with E-state index in [9.17, 15) is 9.65 Å². The molecule has 114 valence electrons. The second kappa shape index (κ2) is 5.81. The fraction of sp³-hybridized carbons (Fsp3) is 0.0588. The highest BCUT2D eigenvalue weighted by atomic mass is 19.1. The van der Waals surface area contributed by atoms with Crippen LogP contribution in [-0.4, -0.2) is 9.78 Å². The van der Waals surface area contributed by atoms with E-state index in [1.807, 2.05) is 31.2 Å². The summed E-state index contributed by atoms with van der Waals surface area (Å²) in [7, 11) is 0. The number of aromatic nitrogens is 2. The predicted molar refractivity (Wildman–Crippen MR) is 87.1 cm³/mol. The van der Waals surface area contributed by atoms with Crippen LogP contribution in [0.5, 0.6) is 0 Å². The normalized spacial score (nSPS) is 10.3. The molecule has 2 aromatic carbocycles. The summed E-state index contributed by atoms with van der Waals surface area (Å²) in [4.78, 5) is 0. The van der Waals surface area contributed by atoms with E-state index in [1.165, 1.54) is 16.8 Å². The quantitative estimate of drug-likeness (QED) is 0.776. The maximum atomic E-state index is 13.0. The van der Waals surface area contributed by atoms with E-state index in [0.717, 1.165) is 11.3 Å². The summed E-state index contributed by atoms with van der Waals surface area (Å²) in [6.45, 7) is 1.99. The molecule has 0 aliphatic carbocycles. The average molecular weight is 307 g/mol. The lowest BCUT2D eigenvalue weighted by Crippen LogP contribution is -2.02. The Hall–Kier alpha value is -3.33. The molecule has 0 fully saturated rings. The van der Waals surface area contributed by atoms with E-state index in [1.54, 1.807) is 12.1 Å². The Morgan fingerprint density at radius 3 is 2.39 bits per heavy atom. The van der Waals surface area contributed by atoms with Gasteiger partial charge in [-0.1, -0.05) is 17.7 Å². The van der Waals surface area contributed by atoms with Crippen LogP contribution in [0.2, 0.25) is 0 Å². The van der Waals surface area contributed by atoms with Gasteiger partial charge in [0.15, 0.2) is 5.82 Å². The number of nitriles is 1. The third kappa shape index (κ3) is 2.85. The number of nitrogens with one attached hydrogen (secondary N) is 1. The van der Waals surface area contributed by atoms with Crippen molar-refractivity contribution >= 4 is 17.3 Å². The van der Waals surface area contributed by atoms with Crippen molar-refractivity contribution in [1.82, 2.24) is 9.78 Å². The lowest BCUT2D eigenvalue weighted by Gasteiger charge is -2.04. The summed E-state index contributed by atoms with van der Waals surface area (Å²) in [5.74, 6) is 0.213. The molecule has 0 atom stereocenters. The van der Waals surface area contributed by atoms with Crippen LogP contribution in [-0.2, 0) is 0 Å². The van der Waals surface area contributed by atoms with Gasteiger partial charge in [0.05, 0.1) is 5.69 Å². The summed E-state index contributed by atoms with van der Waals surface area (Å²) in [5, 5.41) is 16.8. The summed E-state index contributed by atoms with van der Waals surface area (Å²) >= 11 is 0. The maximum absolute atomic E-state index is 13.0. The molecule has 0 aliphatic rings. The van der Waals surface area contributed by atoms with Crippen LogP contribution >= 0.6 is 0 Å². The van der Waals surface area contributed by atoms with Gasteiger partial charge in [0, 0.05) is 5.69 Å². The second-order valence-corrected chi connectivity index (χ2v) is 5.10. The molecule has 6 heteroatoms. The molecule has 0 radical (unpaired) electrons. The van der Waals surface area contributed by atoms with Gasteiger partial charge in [-0.15, -0.1) is 5.10 Å². The summed E-state index contributed by atoms with van der Waals surface area (Å²) in [6.07, 6.45) is 0. The molecule has 5 nitrogen and oxygen atoms in total. The van der Waals surface area contributed by atoms with Crippen molar-refractivity contribution in [1.29, 1.82) is 5.26 Å². The lowest BCUT2D eigenvalue weighted by atomic mass is 10.2. The largest absolute Gasteiger partial charge is 0.382 e. The zero-order valence-corrected chi connectivity index (χ0v) is 12.4. The molecule has 1 heterocycles. The van der Waals surface area contributed by atoms with Crippen LogP contribution in [0, 0.1) is 24.1 Å². The maximum Gasteiger partial charge on any atom is 0.173 e. The van der Waals surface area contributed by atoms with Gasteiger partial charge in [0.1, 0.15) is 23.3 Å². The molecule has 3 aromatic rings. The Kier molecular flexibility index (Phi) is 3.69. The SMILES string of the molecule is Cc1ccc(Nc2nn(-c3ccc(F)cc3)c(N)c2C#N)cc1. The topological polar surface area (TPSA) is 79.7 Å². The monoisotopic (exact) mass is 307 g/mol. The number of anilines is 3. The first-order chi connectivity index (χ1) is 11.1. The third-order valence-corrected chi connectivity index (χ3v) is 3.42. The average Bonchev–Trinajstić information content (AvgIpc) is 2.86. The van der Waals surface area contributed by atoms with Gasteiger partial charge in [-0.25, -0.2) is 9.07 Å². The second-order valence-electron chi connectivity index (χ2n) is 5.10. The molecule has 0 unspecified atom stereocenters. The van der Waals surface area contributed by atoms with Crippen molar-refractivity contribution in [3.05, 3.63) is 65.5 Å². The predicted octanol–water partition coefficient (Wildman–Crippen LogP) is 3.52. The van der Waals surface area contributed by atoms with Crippen molar-refractivity contribution in [2.24, 2.45) is 0 Å². The molecule has 3 N–H and O–H groups in total. The van der Waals surface area contributed by atoms with Gasteiger partial charge in [-0.2, -0.15) is 5.26 Å². The van der Waals surface area contributed by atoms with Crippen molar-refractivity contribution in [3.63, 3.8) is 0 Å². The van der Waals surface area contributed by atoms with Gasteiger partial charge in [-0.05, 0) is 43.3 Å². The Bertz CT molecular complexity index is 873. The fourth-order valence-corrected chi connectivity index (χ4v) is 2.18. The smallest absolute Gasteiger partial charge is 0.173 e. The van der Waals surface area contributed by atoms with Gasteiger partial charge in [-0.3, -0.25) is 0 Å². The lowest BCUT2D eigenvalue weighted by molar-refractivity contribution is 0.627. The summed E-state index contributed by atoms with van der Waals surface area (Å²) in [5.41, 5.74) is 8.77. The molecule has 0 saturated heterocycles. The first kappa shape index (κ1) is 14.6. The number of nitrogens with two attached hydrogens (primary N) is 1. The summed E-state index contributed by atoms with van der Waals surface area (Å²) < 4.78 is 14.5. The number of benzene rings is 2. The minimum absolute atomic E-state index is 0.203. The first-order valence-electron chi connectivity index (χ1n) is 6.96. The molecule has 0 aliphatic heterocycles. The number of hydrogen-bond acceptors (Lipinski definition) is 4. The molecule has 0 bridgehead atoms. The number of hydrogen-bond donors (Lipinski definition) is 2. The van der Waals surface area contributed by atoms with E-state index in [4.69, 9.17) is 5.73 Å². The first-order valence-corrected chi connectivity index (χ1v) is 6.96. The highest BCUT2D eigenvalue weighted by molar-refractivity contribution is 5.70. The van der Waals surface area contributed by atoms with Crippen LogP contribution in [0.1, 0.15) is 11.1 Å². The minimum Gasteiger partial charge on any atom is -0.382 e. The zero-order valence-electron chi connectivity index (χ0n) is 12.4. The minimum atomic E-state index is -0.349. The third-order valence-electron chi connectivity index (χ3n) is 3.42. The highest BCUT2D eigenvalue weighted by Crippen LogP contribution is 2.27. The van der Waals surface area contributed by atoms with Crippen LogP contribution < -0.4 is 11.1 Å². The van der Waals surface area contributed by atoms with E-state index in [0.29, 0.717) is 11.5 Å².